The third-order valence-corrected chi connectivity index (χ3v) is 12.1. The van der Waals surface area contributed by atoms with E-state index in [1.165, 1.54) is 72.8 Å². The molecule has 0 atom stereocenters. The van der Waals surface area contributed by atoms with Crippen molar-refractivity contribution in [1.29, 1.82) is 0 Å². The smallest absolute Gasteiger partial charge is 0.323 e. The van der Waals surface area contributed by atoms with E-state index in [-0.39, 0.29) is 103 Å². The van der Waals surface area contributed by atoms with Crippen LogP contribution in [0.15, 0.2) is 129 Å². The zero-order valence-corrected chi connectivity index (χ0v) is 36.3. The van der Waals surface area contributed by atoms with Crippen molar-refractivity contribution in [2.75, 3.05) is 20.1 Å². The molecule has 0 unspecified atom stereocenters. The van der Waals surface area contributed by atoms with Gasteiger partial charge in [-0.1, -0.05) is 12.1 Å². The molecule has 0 saturated heterocycles. The fourth-order valence-electron chi connectivity index (χ4n) is 5.27. The van der Waals surface area contributed by atoms with Crippen molar-refractivity contribution >= 4 is 150 Å². The Bertz CT molecular complexity index is 2790. The van der Waals surface area contributed by atoms with Crippen LogP contribution < -0.4 is 20.1 Å². The first kappa shape index (κ1) is 44.7. The second-order valence-electron chi connectivity index (χ2n) is 11.6. The van der Waals surface area contributed by atoms with E-state index in [1.54, 1.807) is 0 Å². The Labute approximate surface area is 364 Å². The van der Waals surface area contributed by atoms with Gasteiger partial charge in [-0.3, -0.25) is 18.5 Å². The number of urea groups is 1. The quantitative estimate of drug-likeness (QED) is 0.0702. The summed E-state index contributed by atoms with van der Waals surface area (Å²) in [4.78, 5) is 11.1. The van der Waals surface area contributed by atoms with Gasteiger partial charge in [-0.05, 0) is 95.7 Å². The molecule has 6 aromatic carbocycles. The van der Waals surface area contributed by atoms with Crippen LogP contribution in [-0.4, -0.2) is 118 Å². The summed E-state index contributed by atoms with van der Waals surface area (Å²) in [5.41, 5.74) is -0.0315. The summed E-state index contributed by atoms with van der Waals surface area (Å²) in [6.45, 7) is 0. The van der Waals surface area contributed by atoms with Crippen LogP contribution >= 0.6 is 0 Å². The van der Waals surface area contributed by atoms with E-state index in [1.807, 2.05) is 0 Å². The summed E-state index contributed by atoms with van der Waals surface area (Å²) >= 11 is 0. The molecule has 282 valence electrons. The van der Waals surface area contributed by atoms with Crippen LogP contribution in [-0.2, 0) is 40.3 Å². The number of phenols is 2. The number of phenolic OH excluding ortho intramolecular Hbond substituents is 2. The summed E-state index contributed by atoms with van der Waals surface area (Å²) in [7, 11) is -18.0. The van der Waals surface area contributed by atoms with E-state index in [0.29, 0.717) is 0 Å². The van der Waals surface area contributed by atoms with Crippen molar-refractivity contribution < 1.29 is 57.8 Å². The van der Waals surface area contributed by atoms with E-state index >= 15 is 0 Å². The SMILES string of the molecule is O=C(Nc1ccc2c(O)cc(S(=O)(=O)Nc3cccc(S(=O)(=O)O)c3)cc2c1)Nc1ccc2c(O)cc(S(=O)(=O)Nc3cccc(S(=O)(=O)O)c3)cc2c1.[Na].[Na]. The number of nitrogens with one attached hydrogen (secondary N) is 4. The number of anilines is 4. The molecule has 23 heteroatoms. The Hall–Kier alpha value is -3.97. The zero-order valence-electron chi connectivity index (χ0n) is 29.0. The fourth-order valence-corrected chi connectivity index (χ4v) is 8.53. The number of rotatable bonds is 10. The minimum atomic E-state index is -4.62. The molecule has 0 heterocycles. The van der Waals surface area contributed by atoms with Crippen molar-refractivity contribution in [2.24, 2.45) is 0 Å². The largest absolute Gasteiger partial charge is 0.507 e. The van der Waals surface area contributed by atoms with Gasteiger partial charge in [0.15, 0.2) is 0 Å². The number of hydrogen-bond acceptors (Lipinski definition) is 11. The average molecular weight is 861 g/mol. The second-order valence-corrected chi connectivity index (χ2v) is 17.8. The minimum absolute atomic E-state index is 0. The first-order valence-electron chi connectivity index (χ1n) is 15.0. The van der Waals surface area contributed by atoms with E-state index in [4.69, 9.17) is 0 Å². The summed E-state index contributed by atoms with van der Waals surface area (Å²) in [6, 6.07) is 20.9. The van der Waals surface area contributed by atoms with Gasteiger partial charge in [0.25, 0.3) is 40.3 Å². The van der Waals surface area contributed by atoms with Gasteiger partial charge in [0.1, 0.15) is 11.5 Å². The number of fused-ring (bicyclic) bond motifs is 2. The van der Waals surface area contributed by atoms with E-state index in [0.717, 1.165) is 36.4 Å². The minimum Gasteiger partial charge on any atom is -0.507 e. The topological polar surface area (TPSA) is 283 Å². The predicted molar refractivity (Wildman–Crippen MR) is 210 cm³/mol. The maximum Gasteiger partial charge on any atom is 0.323 e. The first-order valence-corrected chi connectivity index (χ1v) is 20.8. The van der Waals surface area contributed by atoms with Gasteiger partial charge in [-0.2, -0.15) is 16.8 Å². The summed E-state index contributed by atoms with van der Waals surface area (Å²) in [5, 5.41) is 27.2. The van der Waals surface area contributed by atoms with Crippen LogP contribution in [0.25, 0.3) is 21.5 Å². The molecule has 0 aliphatic heterocycles. The predicted octanol–water partition coefficient (Wildman–Crippen LogP) is 4.38. The van der Waals surface area contributed by atoms with Gasteiger partial charge in [-0.25, -0.2) is 21.6 Å². The molecule has 0 aliphatic carbocycles. The van der Waals surface area contributed by atoms with Gasteiger partial charge in [0.05, 0.1) is 31.0 Å². The molecule has 0 aliphatic rings. The van der Waals surface area contributed by atoms with E-state index in [9.17, 15) is 57.8 Å². The number of carbonyl (C=O) groups excluding carboxylic acids is 1. The van der Waals surface area contributed by atoms with Crippen LogP contribution in [0, 0.1) is 0 Å². The molecular formula is C33H26N4Na2O13S4. The number of aromatic hydroxyl groups is 2. The third-order valence-electron chi connectivity index (χ3n) is 7.71. The average Bonchev–Trinajstić information content (AvgIpc) is 3.07. The number of sulfonamides is 2. The first-order chi connectivity index (χ1) is 25.2. The Balaban J connectivity index is 0.00000348. The number of hydrogen-bond donors (Lipinski definition) is 8. The van der Waals surface area contributed by atoms with E-state index in [2.05, 4.69) is 20.1 Å². The van der Waals surface area contributed by atoms with Gasteiger partial charge >= 0.3 is 6.03 Å². The Morgan fingerprint density at radius 1 is 0.446 bits per heavy atom. The van der Waals surface area contributed by atoms with Crippen molar-refractivity contribution in [1.82, 2.24) is 0 Å². The van der Waals surface area contributed by atoms with Gasteiger partial charge in [0, 0.05) is 93.4 Å². The molecule has 6 rings (SSSR count). The second kappa shape index (κ2) is 16.9. The standard InChI is InChI=1S/C33H26N4O13S4.2Na/c38-31-17-27(51(41,42)36-23-3-1-5-25(15-23)53(45,46)47)13-19-11-21(7-9-29(19)31)34-33(40)35-22-8-10-30-20(12-22)14-28(18-32(30)39)52(43,44)37-24-4-2-6-26(16-24)54(48,49)50;;/h1-18,36-39H,(H2,34,35,40)(H,45,46,47)(H,48,49,50);;. The monoisotopic (exact) mass is 860 g/mol. The molecule has 0 saturated carbocycles. The van der Waals surface area contributed by atoms with Crippen LogP contribution in [0.1, 0.15) is 0 Å². The molecule has 17 nitrogen and oxygen atoms in total. The summed E-state index contributed by atoms with van der Waals surface area (Å²) < 4.78 is 121. The van der Waals surface area contributed by atoms with Crippen LogP contribution in [0.3, 0.4) is 0 Å². The molecule has 0 aromatic heterocycles. The molecule has 2 radical (unpaired) electrons. The molecule has 0 fully saturated rings. The normalized spacial score (nSPS) is 11.9. The molecule has 8 N–H and O–H groups in total. The van der Waals surface area contributed by atoms with Crippen LogP contribution in [0.4, 0.5) is 27.5 Å². The third kappa shape index (κ3) is 10.3. The Kier molecular flexibility index (Phi) is 13.5. The van der Waals surface area contributed by atoms with Crippen LogP contribution in [0.5, 0.6) is 11.5 Å². The van der Waals surface area contributed by atoms with Gasteiger partial charge < -0.3 is 20.8 Å². The number of amides is 2. The van der Waals surface area contributed by atoms with Crippen molar-refractivity contribution in [3.05, 3.63) is 109 Å². The van der Waals surface area contributed by atoms with Crippen molar-refractivity contribution in [3.8, 4) is 11.5 Å². The van der Waals surface area contributed by atoms with Crippen LogP contribution in [0.2, 0.25) is 0 Å². The van der Waals surface area contributed by atoms with Crippen molar-refractivity contribution in [3.63, 3.8) is 0 Å². The maximum atomic E-state index is 13.1. The number of benzene rings is 6. The van der Waals surface area contributed by atoms with Gasteiger partial charge in [-0.15, -0.1) is 0 Å². The molecular weight excluding hydrogens is 835 g/mol. The van der Waals surface area contributed by atoms with Gasteiger partial charge in [0.2, 0.25) is 0 Å². The van der Waals surface area contributed by atoms with Crippen molar-refractivity contribution in [2.45, 2.75) is 19.6 Å². The maximum absolute atomic E-state index is 13.1. The molecule has 2 amide bonds. The molecule has 6 aromatic rings. The molecule has 0 bridgehead atoms. The Morgan fingerprint density at radius 3 is 1.18 bits per heavy atom. The molecule has 0 spiro atoms. The zero-order chi connectivity index (χ0) is 39.2. The fraction of sp³-hybridized carbons (Fsp3) is 0. The summed E-state index contributed by atoms with van der Waals surface area (Å²) in [5.74, 6) is -0.837. The molecule has 56 heavy (non-hydrogen) atoms. The number of carbonyl (C=O) groups is 1. The Morgan fingerprint density at radius 2 is 0.821 bits per heavy atom. The summed E-state index contributed by atoms with van der Waals surface area (Å²) in [6.07, 6.45) is 0. The van der Waals surface area contributed by atoms with E-state index < -0.39 is 77.4 Å².